The Bertz CT molecular complexity index is 613. The van der Waals surface area contributed by atoms with Gasteiger partial charge in [-0.2, -0.15) is 0 Å². The fourth-order valence-corrected chi connectivity index (χ4v) is 1.68. The average Bonchev–Trinajstić information content (AvgIpc) is 2.42. The van der Waals surface area contributed by atoms with E-state index in [1.165, 1.54) is 6.07 Å². The zero-order valence-electron chi connectivity index (χ0n) is 11.1. The van der Waals surface area contributed by atoms with Crippen LogP contribution in [0.5, 0.6) is 0 Å². The fraction of sp³-hybridized carbons (Fsp3) is 0.214. The van der Waals surface area contributed by atoms with Gasteiger partial charge in [-0.1, -0.05) is 6.07 Å². The van der Waals surface area contributed by atoms with Crippen molar-refractivity contribution in [3.63, 3.8) is 0 Å². The summed E-state index contributed by atoms with van der Waals surface area (Å²) in [6, 6.07) is 4.20. The van der Waals surface area contributed by atoms with Gasteiger partial charge in [0.1, 0.15) is 5.82 Å². The number of primary amides is 1. The number of nitrogens with one attached hydrogen (secondary N) is 1. The van der Waals surface area contributed by atoms with Crippen LogP contribution in [0.3, 0.4) is 0 Å². The van der Waals surface area contributed by atoms with E-state index in [-0.39, 0.29) is 5.56 Å². The lowest BCUT2D eigenvalue weighted by Crippen LogP contribution is -2.16. The van der Waals surface area contributed by atoms with E-state index in [1.54, 1.807) is 18.5 Å². The minimum Gasteiger partial charge on any atom is -0.366 e. The molecule has 3 N–H and O–H groups in total. The number of halogens is 1. The van der Waals surface area contributed by atoms with Gasteiger partial charge in [0.25, 0.3) is 0 Å². The zero-order valence-corrected chi connectivity index (χ0v) is 11.1. The molecule has 5 nitrogen and oxygen atoms in total. The molecule has 2 rings (SSSR count). The number of hydrogen-bond acceptors (Lipinski definition) is 4. The summed E-state index contributed by atoms with van der Waals surface area (Å²) in [7, 11) is 0. The van der Waals surface area contributed by atoms with Crippen molar-refractivity contribution in [2.45, 2.75) is 20.0 Å². The van der Waals surface area contributed by atoms with Crippen LogP contribution in [0, 0.1) is 12.7 Å². The molecule has 0 saturated heterocycles. The van der Waals surface area contributed by atoms with Crippen molar-refractivity contribution in [1.82, 2.24) is 15.3 Å². The Morgan fingerprint density at radius 1 is 1.30 bits per heavy atom. The second kappa shape index (κ2) is 6.21. The molecule has 1 amide bonds. The number of benzene rings is 1. The van der Waals surface area contributed by atoms with Gasteiger partial charge in [0, 0.05) is 36.6 Å². The van der Waals surface area contributed by atoms with Crippen LogP contribution < -0.4 is 11.1 Å². The fourth-order valence-electron chi connectivity index (χ4n) is 1.68. The molecule has 1 aromatic heterocycles. The largest absolute Gasteiger partial charge is 0.366 e. The number of carbonyl (C=O) groups excluding carboxylic acids is 1. The molecule has 0 radical (unpaired) electrons. The highest BCUT2D eigenvalue weighted by molar-refractivity contribution is 5.92. The van der Waals surface area contributed by atoms with E-state index in [2.05, 4.69) is 15.3 Å². The lowest BCUT2D eigenvalue weighted by Gasteiger charge is -2.06. The number of nitrogens with zero attached hydrogens (tertiary/aromatic N) is 2. The number of aromatic nitrogens is 2. The first-order valence-electron chi connectivity index (χ1n) is 6.12. The van der Waals surface area contributed by atoms with Crippen molar-refractivity contribution in [2.24, 2.45) is 5.73 Å². The van der Waals surface area contributed by atoms with E-state index < -0.39 is 11.7 Å². The van der Waals surface area contributed by atoms with Crippen LogP contribution in [-0.2, 0) is 13.1 Å². The molecule has 1 aromatic carbocycles. The molecule has 2 aromatic rings. The summed E-state index contributed by atoms with van der Waals surface area (Å²) in [4.78, 5) is 19.2. The number of aryl methyl sites for hydroxylation is 1. The maximum absolute atomic E-state index is 13.7. The Labute approximate surface area is 116 Å². The average molecular weight is 274 g/mol. The highest BCUT2D eigenvalue weighted by atomic mass is 19.1. The van der Waals surface area contributed by atoms with Gasteiger partial charge in [-0.15, -0.1) is 0 Å². The summed E-state index contributed by atoms with van der Waals surface area (Å²) < 4.78 is 13.7. The van der Waals surface area contributed by atoms with E-state index in [0.29, 0.717) is 18.7 Å². The molecule has 6 heteroatoms. The van der Waals surface area contributed by atoms with Crippen LogP contribution >= 0.6 is 0 Å². The van der Waals surface area contributed by atoms with Crippen molar-refractivity contribution in [1.29, 1.82) is 0 Å². The highest BCUT2D eigenvalue weighted by Crippen LogP contribution is 2.10. The van der Waals surface area contributed by atoms with E-state index in [9.17, 15) is 9.18 Å². The first-order valence-corrected chi connectivity index (χ1v) is 6.12. The molecule has 104 valence electrons. The first kappa shape index (κ1) is 14.1. The summed E-state index contributed by atoms with van der Waals surface area (Å²) in [5, 5.41) is 3.07. The molecular weight excluding hydrogens is 259 g/mol. The van der Waals surface area contributed by atoms with Gasteiger partial charge >= 0.3 is 0 Å². The van der Waals surface area contributed by atoms with Crippen molar-refractivity contribution in [3.05, 3.63) is 58.9 Å². The van der Waals surface area contributed by atoms with Gasteiger partial charge in [0.15, 0.2) is 0 Å². The Kier molecular flexibility index (Phi) is 4.37. The van der Waals surface area contributed by atoms with Crippen molar-refractivity contribution in [2.75, 3.05) is 0 Å². The molecule has 0 spiro atoms. The molecule has 20 heavy (non-hydrogen) atoms. The van der Waals surface area contributed by atoms with Gasteiger partial charge in [0.2, 0.25) is 5.91 Å². The van der Waals surface area contributed by atoms with Gasteiger partial charge in [0.05, 0.1) is 11.4 Å². The van der Waals surface area contributed by atoms with Gasteiger partial charge in [-0.05, 0) is 19.1 Å². The molecule has 0 bridgehead atoms. The zero-order chi connectivity index (χ0) is 14.5. The molecule has 0 fully saturated rings. The number of hydrogen-bond donors (Lipinski definition) is 2. The van der Waals surface area contributed by atoms with Crippen LogP contribution in [0.2, 0.25) is 0 Å². The maximum Gasteiger partial charge on any atom is 0.248 e. The molecule has 1 heterocycles. The Balaban J connectivity index is 1.94. The molecule has 0 saturated carbocycles. The Morgan fingerprint density at radius 2 is 2.10 bits per heavy atom. The molecule has 0 atom stereocenters. The van der Waals surface area contributed by atoms with Crippen LogP contribution in [0.1, 0.15) is 27.3 Å². The first-order chi connectivity index (χ1) is 9.56. The normalized spacial score (nSPS) is 10.5. The summed E-state index contributed by atoms with van der Waals surface area (Å²) in [6.45, 7) is 2.69. The van der Waals surface area contributed by atoms with E-state index in [1.807, 2.05) is 6.92 Å². The van der Waals surface area contributed by atoms with Gasteiger partial charge in [-0.25, -0.2) is 4.39 Å². The van der Waals surface area contributed by atoms with Crippen molar-refractivity contribution in [3.8, 4) is 0 Å². The quantitative estimate of drug-likeness (QED) is 0.861. The summed E-state index contributed by atoms with van der Waals surface area (Å²) in [5.41, 5.74) is 7.35. The third kappa shape index (κ3) is 3.58. The van der Waals surface area contributed by atoms with Crippen LogP contribution in [0.15, 0.2) is 30.6 Å². The summed E-state index contributed by atoms with van der Waals surface area (Å²) in [6.07, 6.45) is 3.36. The van der Waals surface area contributed by atoms with Crippen LogP contribution in [0.25, 0.3) is 0 Å². The minimum absolute atomic E-state index is 0.163. The Morgan fingerprint density at radius 3 is 2.70 bits per heavy atom. The molecule has 0 unspecified atom stereocenters. The second-order valence-electron chi connectivity index (χ2n) is 4.42. The number of nitrogens with two attached hydrogens (primary N) is 1. The highest BCUT2D eigenvalue weighted by Gasteiger charge is 2.06. The topological polar surface area (TPSA) is 80.9 Å². The predicted octanol–water partition coefficient (Wildman–Crippen LogP) is 1.31. The van der Waals surface area contributed by atoms with E-state index in [4.69, 9.17) is 5.73 Å². The van der Waals surface area contributed by atoms with Gasteiger partial charge < -0.3 is 11.1 Å². The lowest BCUT2D eigenvalue weighted by atomic mass is 10.1. The smallest absolute Gasteiger partial charge is 0.248 e. The second-order valence-corrected chi connectivity index (χ2v) is 4.42. The van der Waals surface area contributed by atoms with Crippen LogP contribution in [0.4, 0.5) is 4.39 Å². The molecule has 0 aliphatic carbocycles. The third-order valence-corrected chi connectivity index (χ3v) is 2.79. The van der Waals surface area contributed by atoms with Crippen molar-refractivity contribution < 1.29 is 9.18 Å². The molecule has 0 aliphatic heterocycles. The Hall–Kier alpha value is -2.34. The number of amides is 1. The summed E-state index contributed by atoms with van der Waals surface area (Å²) in [5.74, 6) is -1.10. The summed E-state index contributed by atoms with van der Waals surface area (Å²) >= 11 is 0. The monoisotopic (exact) mass is 274 g/mol. The minimum atomic E-state index is -0.640. The van der Waals surface area contributed by atoms with E-state index >= 15 is 0 Å². The van der Waals surface area contributed by atoms with Crippen molar-refractivity contribution >= 4 is 5.91 Å². The number of rotatable bonds is 5. The molecule has 0 aliphatic rings. The predicted molar refractivity (Wildman–Crippen MR) is 72.2 cm³/mol. The van der Waals surface area contributed by atoms with E-state index in [0.717, 1.165) is 17.5 Å². The maximum atomic E-state index is 13.7. The molecular formula is C14H15FN4O. The van der Waals surface area contributed by atoms with Gasteiger partial charge in [-0.3, -0.25) is 14.8 Å². The third-order valence-electron chi connectivity index (χ3n) is 2.79. The SMILES string of the molecule is Cc1cnc(CNCc2ccc(C(N)=O)cc2F)cn1. The lowest BCUT2D eigenvalue weighted by molar-refractivity contribution is 0.1000. The van der Waals surface area contributed by atoms with Crippen LogP contribution in [-0.4, -0.2) is 15.9 Å². The number of carbonyl (C=O) groups is 1. The standard InChI is InChI=1S/C14H15FN4O/c1-9-5-19-12(8-18-9)7-17-6-11-3-2-10(14(16)20)4-13(11)15/h2-5,8,17H,6-7H2,1H3,(H2,16,20).